The van der Waals surface area contributed by atoms with Crippen molar-refractivity contribution in [2.24, 2.45) is 18.9 Å². The summed E-state index contributed by atoms with van der Waals surface area (Å²) in [5.74, 6) is -1.49. The molecule has 17 heteroatoms. The molecule has 0 atom stereocenters. The predicted molar refractivity (Wildman–Crippen MR) is 156 cm³/mol. The molecule has 1 aliphatic carbocycles. The van der Waals surface area contributed by atoms with Crippen LogP contribution in [0.15, 0.2) is 36.4 Å². The Balaban J connectivity index is 0.00000552. The first-order valence-electron chi connectivity index (χ1n) is 13.8. The lowest BCUT2D eigenvalue weighted by Crippen LogP contribution is -2.34. The van der Waals surface area contributed by atoms with Gasteiger partial charge in [-0.3, -0.25) is 4.79 Å². The van der Waals surface area contributed by atoms with Crippen molar-refractivity contribution in [1.82, 2.24) is 20.2 Å². The molecular formula is C28H32Cl2F6N6O3. The fourth-order valence-corrected chi connectivity index (χ4v) is 5.68. The summed E-state index contributed by atoms with van der Waals surface area (Å²) >= 11 is 6.01. The molecule has 0 saturated heterocycles. The van der Waals surface area contributed by atoms with E-state index in [9.17, 15) is 36.2 Å². The van der Waals surface area contributed by atoms with E-state index >= 15 is 0 Å². The molecule has 248 valence electrons. The molecule has 0 radical (unpaired) electrons. The van der Waals surface area contributed by atoms with Gasteiger partial charge < -0.3 is 19.6 Å². The number of alkyl halides is 6. The van der Waals surface area contributed by atoms with E-state index in [1.165, 1.54) is 36.2 Å². The van der Waals surface area contributed by atoms with Gasteiger partial charge in [0.15, 0.2) is 0 Å². The number of nitrogens with zero attached hydrogens (tertiary/aromatic N) is 6. The average Bonchev–Trinajstić information content (AvgIpc) is 3.36. The van der Waals surface area contributed by atoms with Crippen molar-refractivity contribution < 1.29 is 41.0 Å². The molecule has 0 amide bonds. The average molecular weight is 685 g/mol. The molecule has 0 bridgehead atoms. The molecule has 1 fully saturated rings. The van der Waals surface area contributed by atoms with Gasteiger partial charge in [0.05, 0.1) is 18.5 Å². The lowest BCUT2D eigenvalue weighted by atomic mass is 9.81. The van der Waals surface area contributed by atoms with Crippen LogP contribution < -0.4 is 14.5 Å². The summed E-state index contributed by atoms with van der Waals surface area (Å²) in [5, 5.41) is 21.2. The number of halogens is 8. The predicted octanol–water partition coefficient (Wildman–Crippen LogP) is 7.13. The first-order chi connectivity index (χ1) is 20.6. The van der Waals surface area contributed by atoms with Crippen LogP contribution in [0.5, 0.6) is 5.75 Å². The van der Waals surface area contributed by atoms with Crippen molar-refractivity contribution in [3.63, 3.8) is 0 Å². The third kappa shape index (κ3) is 10.0. The number of carbonyl (C=O) groups is 1. The number of anilines is 2. The zero-order valence-electron chi connectivity index (χ0n) is 24.3. The number of aryl methyl sites for hydroxylation is 1. The molecule has 0 spiro atoms. The number of carboxylic acids is 1. The van der Waals surface area contributed by atoms with Gasteiger partial charge in [0.25, 0.3) is 5.95 Å². The minimum atomic E-state index is -4.95. The van der Waals surface area contributed by atoms with Crippen molar-refractivity contribution in [3.05, 3.63) is 58.1 Å². The molecule has 45 heavy (non-hydrogen) atoms. The number of rotatable bonds is 11. The monoisotopic (exact) mass is 684 g/mol. The highest BCUT2D eigenvalue weighted by molar-refractivity contribution is 6.30. The van der Waals surface area contributed by atoms with Crippen molar-refractivity contribution in [1.29, 1.82) is 0 Å². The first kappa shape index (κ1) is 36.0. The molecule has 1 aromatic heterocycles. The third-order valence-corrected chi connectivity index (χ3v) is 7.70. The van der Waals surface area contributed by atoms with Crippen LogP contribution in [0, 0.1) is 11.8 Å². The largest absolute Gasteiger partial charge is 0.573 e. The van der Waals surface area contributed by atoms with Crippen LogP contribution in [0.25, 0.3) is 0 Å². The van der Waals surface area contributed by atoms with E-state index in [4.69, 9.17) is 11.6 Å². The molecule has 4 rings (SSSR count). The first-order valence-corrected chi connectivity index (χ1v) is 14.2. The van der Waals surface area contributed by atoms with E-state index in [1.807, 2.05) is 11.8 Å². The van der Waals surface area contributed by atoms with Gasteiger partial charge in [0.2, 0.25) is 0 Å². The van der Waals surface area contributed by atoms with Crippen molar-refractivity contribution in [2.75, 3.05) is 22.9 Å². The van der Waals surface area contributed by atoms with Gasteiger partial charge in [-0.25, -0.2) is 0 Å². The number of ether oxygens (including phenoxy) is 1. The Morgan fingerprint density at radius 2 is 1.73 bits per heavy atom. The second kappa shape index (κ2) is 14.8. The summed E-state index contributed by atoms with van der Waals surface area (Å²) < 4.78 is 84.3. The quantitative estimate of drug-likeness (QED) is 0.213. The Bertz CT molecular complexity index is 1450. The van der Waals surface area contributed by atoms with Crippen LogP contribution in [0.3, 0.4) is 0 Å². The number of hydrogen-bond acceptors (Lipinski definition) is 7. The topological polar surface area (TPSA) is 96.6 Å². The Hall–Kier alpha value is -3.46. The van der Waals surface area contributed by atoms with E-state index in [0.29, 0.717) is 50.0 Å². The van der Waals surface area contributed by atoms with Crippen molar-refractivity contribution in [2.45, 2.75) is 58.2 Å². The fraction of sp³-hybridized carbons (Fsp3) is 0.500. The van der Waals surface area contributed by atoms with Crippen molar-refractivity contribution in [3.8, 4) is 5.75 Å². The summed E-state index contributed by atoms with van der Waals surface area (Å²) in [7, 11) is 1.50. The zero-order valence-corrected chi connectivity index (χ0v) is 25.8. The molecule has 3 aromatic rings. The summed E-state index contributed by atoms with van der Waals surface area (Å²) in [4.78, 5) is 16.0. The van der Waals surface area contributed by atoms with Gasteiger partial charge in [-0.05, 0) is 91.3 Å². The highest BCUT2D eigenvalue weighted by Crippen LogP contribution is 2.36. The highest BCUT2D eigenvalue weighted by Gasteiger charge is 2.33. The van der Waals surface area contributed by atoms with E-state index in [2.05, 4.69) is 20.1 Å². The molecule has 9 nitrogen and oxygen atoms in total. The molecule has 0 unspecified atom stereocenters. The second-order valence-corrected chi connectivity index (χ2v) is 11.2. The molecule has 1 heterocycles. The third-order valence-electron chi connectivity index (χ3n) is 7.48. The summed E-state index contributed by atoms with van der Waals surface area (Å²) in [5.41, 5.74) is 0.170. The number of tetrazole rings is 1. The lowest BCUT2D eigenvalue weighted by Gasteiger charge is -2.34. The Kier molecular flexibility index (Phi) is 11.8. The molecular weight excluding hydrogens is 653 g/mol. The van der Waals surface area contributed by atoms with Crippen LogP contribution >= 0.6 is 24.0 Å². The number of aliphatic carboxylic acids is 1. The standard InChI is InChI=1S/C28H31ClF6N6O3.ClH/c1-3-40(14-17-4-6-19(7-5-17)25(42)43)24-9-8-23(44-28(33,34)35)12-20(24)16-41(26-36-38-39(2)37-26)15-18-10-21(27(30,31)32)13-22(29)11-18;/h8-13,17,19H,3-7,14-16H2,1-2H3,(H,42,43);1H/t17-,19-;. The second-order valence-electron chi connectivity index (χ2n) is 10.7. The van der Waals surface area contributed by atoms with Gasteiger partial charge in [-0.1, -0.05) is 16.7 Å². The maximum atomic E-state index is 13.5. The van der Waals surface area contributed by atoms with Crippen LogP contribution in [-0.2, 0) is 31.1 Å². The van der Waals surface area contributed by atoms with Crippen LogP contribution in [0.1, 0.15) is 49.3 Å². The van der Waals surface area contributed by atoms with Crippen LogP contribution in [-0.4, -0.2) is 50.7 Å². The smallest absolute Gasteiger partial charge is 0.481 e. The van der Waals surface area contributed by atoms with Gasteiger partial charge >= 0.3 is 18.5 Å². The Morgan fingerprint density at radius 3 is 2.29 bits per heavy atom. The molecule has 0 aliphatic heterocycles. The lowest BCUT2D eigenvalue weighted by molar-refractivity contribution is -0.274. The van der Waals surface area contributed by atoms with Crippen molar-refractivity contribution >= 4 is 41.6 Å². The van der Waals surface area contributed by atoms with Crippen LogP contribution in [0.2, 0.25) is 5.02 Å². The SMILES string of the molecule is CCN(C[C@H]1CC[C@H](C(=O)O)CC1)c1ccc(OC(F)(F)F)cc1CN(Cc1cc(Cl)cc(C(F)(F)F)c1)c1nnn(C)n1.Cl. The van der Waals surface area contributed by atoms with E-state index < -0.39 is 35.7 Å². The molecule has 1 saturated carbocycles. The van der Waals surface area contributed by atoms with E-state index in [0.717, 1.165) is 16.9 Å². The minimum Gasteiger partial charge on any atom is -0.481 e. The number of hydrogen-bond donors (Lipinski definition) is 1. The summed E-state index contributed by atoms with van der Waals surface area (Å²) in [6.45, 7) is 2.61. The van der Waals surface area contributed by atoms with Gasteiger partial charge in [0.1, 0.15) is 5.75 Å². The van der Waals surface area contributed by atoms with Gasteiger partial charge in [-0.2, -0.15) is 18.0 Å². The normalized spacial score (nSPS) is 17.0. The summed E-state index contributed by atoms with van der Waals surface area (Å²) in [6, 6.07) is 7.03. The van der Waals surface area contributed by atoms with Gasteiger partial charge in [0, 0.05) is 36.9 Å². The van der Waals surface area contributed by atoms with Crippen LogP contribution in [0.4, 0.5) is 38.0 Å². The number of carboxylic acid groups (broad SMARTS) is 1. The molecule has 2 aromatic carbocycles. The Labute approximate surface area is 266 Å². The van der Waals surface area contributed by atoms with Gasteiger partial charge in [-0.15, -0.1) is 30.7 Å². The number of aromatic nitrogens is 4. The van der Waals surface area contributed by atoms with E-state index in [-0.39, 0.29) is 47.9 Å². The minimum absolute atomic E-state index is 0. The maximum Gasteiger partial charge on any atom is 0.573 e. The Morgan fingerprint density at radius 1 is 1.04 bits per heavy atom. The zero-order chi connectivity index (χ0) is 32.2. The van der Waals surface area contributed by atoms with E-state index in [1.54, 1.807) is 0 Å². The fourth-order valence-electron chi connectivity index (χ4n) is 5.42. The maximum absolute atomic E-state index is 13.5. The molecule has 1 N–H and O–H groups in total. The number of benzene rings is 2. The summed E-state index contributed by atoms with van der Waals surface area (Å²) in [6.07, 6.45) is -7.17. The highest BCUT2D eigenvalue weighted by atomic mass is 35.5. The molecule has 1 aliphatic rings.